The Morgan fingerprint density at radius 2 is 2.22 bits per heavy atom. The van der Waals surface area contributed by atoms with E-state index >= 15 is 0 Å². The maximum Gasteiger partial charge on any atom is 0.244 e. The van der Waals surface area contributed by atoms with Gasteiger partial charge in [0.1, 0.15) is 0 Å². The summed E-state index contributed by atoms with van der Waals surface area (Å²) in [5.41, 5.74) is 5.61. The number of rotatable bonds is 3. The van der Waals surface area contributed by atoms with E-state index in [1.165, 1.54) is 11.3 Å². The van der Waals surface area contributed by atoms with Crippen LogP contribution in [0.5, 0.6) is 0 Å². The number of hydrogen-bond acceptors (Lipinski definition) is 4. The van der Waals surface area contributed by atoms with Gasteiger partial charge in [0.15, 0.2) is 0 Å². The predicted octanol–water partition coefficient (Wildman–Crippen LogP) is 2.02. The lowest BCUT2D eigenvalue weighted by Gasteiger charge is -2.36. The van der Waals surface area contributed by atoms with Gasteiger partial charge in [-0.05, 0) is 37.1 Å². The highest BCUT2D eigenvalue weighted by atomic mass is 32.2. The fourth-order valence-corrected chi connectivity index (χ4v) is 5.54. The van der Waals surface area contributed by atoms with Crippen LogP contribution < -0.4 is 5.73 Å². The lowest BCUT2D eigenvalue weighted by molar-refractivity contribution is 0.202. The number of hydrogen-bond donors (Lipinski definition) is 1. The van der Waals surface area contributed by atoms with Crippen LogP contribution in [0, 0.1) is 5.92 Å². The van der Waals surface area contributed by atoms with E-state index in [1.807, 2.05) is 6.92 Å². The van der Waals surface area contributed by atoms with E-state index < -0.39 is 10.0 Å². The Labute approximate surface area is 113 Å². The minimum absolute atomic E-state index is 0.0641. The SMILES string of the molecule is CC1CCCN(S(=O)(=O)c2ccsc2CN)C1C. The molecule has 1 aliphatic rings. The van der Waals surface area contributed by atoms with Crippen molar-refractivity contribution in [1.29, 1.82) is 0 Å². The van der Waals surface area contributed by atoms with Crippen LogP contribution in [0.1, 0.15) is 31.6 Å². The fourth-order valence-electron chi connectivity index (χ4n) is 2.47. The van der Waals surface area contributed by atoms with Crippen LogP contribution in [-0.2, 0) is 16.6 Å². The standard InChI is InChI=1S/C12H20N2O2S2/c1-9-4-3-6-14(10(9)2)18(15,16)12-5-7-17-11(12)8-13/h5,7,9-10H,3-4,6,8,13H2,1-2H3. The molecule has 0 radical (unpaired) electrons. The van der Waals surface area contributed by atoms with Gasteiger partial charge < -0.3 is 5.73 Å². The van der Waals surface area contributed by atoms with Gasteiger partial charge in [0, 0.05) is 24.0 Å². The average molecular weight is 288 g/mol. The molecule has 0 saturated carbocycles. The zero-order chi connectivity index (χ0) is 13.3. The minimum Gasteiger partial charge on any atom is -0.326 e. The summed E-state index contributed by atoms with van der Waals surface area (Å²) in [5.74, 6) is 0.411. The first kappa shape index (κ1) is 14.0. The highest BCUT2D eigenvalue weighted by Gasteiger charge is 2.35. The molecule has 102 valence electrons. The van der Waals surface area contributed by atoms with E-state index in [0.29, 0.717) is 17.4 Å². The van der Waals surface area contributed by atoms with Crippen molar-refractivity contribution in [3.63, 3.8) is 0 Å². The third-order valence-electron chi connectivity index (χ3n) is 3.79. The second-order valence-electron chi connectivity index (χ2n) is 4.89. The molecular weight excluding hydrogens is 268 g/mol. The van der Waals surface area contributed by atoms with Crippen molar-refractivity contribution in [1.82, 2.24) is 4.31 Å². The molecule has 18 heavy (non-hydrogen) atoms. The van der Waals surface area contributed by atoms with Crippen LogP contribution in [0.3, 0.4) is 0 Å². The molecule has 1 aromatic rings. The molecule has 2 unspecified atom stereocenters. The van der Waals surface area contributed by atoms with E-state index in [1.54, 1.807) is 15.8 Å². The Bertz CT molecular complexity index is 510. The van der Waals surface area contributed by atoms with E-state index in [2.05, 4.69) is 6.92 Å². The summed E-state index contributed by atoms with van der Waals surface area (Å²) in [7, 11) is -3.38. The number of sulfonamides is 1. The monoisotopic (exact) mass is 288 g/mol. The van der Waals surface area contributed by atoms with Gasteiger partial charge in [-0.2, -0.15) is 4.31 Å². The molecule has 2 rings (SSSR count). The molecule has 4 nitrogen and oxygen atoms in total. The summed E-state index contributed by atoms with van der Waals surface area (Å²) in [4.78, 5) is 1.15. The van der Waals surface area contributed by atoms with Gasteiger partial charge in [0.05, 0.1) is 4.90 Å². The first-order valence-corrected chi connectivity index (χ1v) is 8.58. The summed E-state index contributed by atoms with van der Waals surface area (Å²) < 4.78 is 27.0. The van der Waals surface area contributed by atoms with Gasteiger partial charge in [0.25, 0.3) is 0 Å². The average Bonchev–Trinajstić information content (AvgIpc) is 2.81. The van der Waals surface area contributed by atoms with Crippen LogP contribution in [0.4, 0.5) is 0 Å². The van der Waals surface area contributed by atoms with Crippen LogP contribution >= 0.6 is 11.3 Å². The maximum atomic E-state index is 12.7. The van der Waals surface area contributed by atoms with Gasteiger partial charge in [-0.15, -0.1) is 11.3 Å². The number of nitrogens with two attached hydrogens (primary N) is 1. The third kappa shape index (κ3) is 2.34. The van der Waals surface area contributed by atoms with Crippen molar-refractivity contribution in [3.8, 4) is 0 Å². The second kappa shape index (κ2) is 5.28. The Morgan fingerprint density at radius 1 is 1.50 bits per heavy atom. The maximum absolute atomic E-state index is 12.7. The van der Waals surface area contributed by atoms with Crippen LogP contribution in [0.15, 0.2) is 16.3 Å². The van der Waals surface area contributed by atoms with Crippen molar-refractivity contribution in [3.05, 3.63) is 16.3 Å². The van der Waals surface area contributed by atoms with Crippen molar-refractivity contribution in [2.24, 2.45) is 11.7 Å². The Hall–Kier alpha value is -0.430. The molecule has 0 aromatic carbocycles. The smallest absolute Gasteiger partial charge is 0.244 e. The highest BCUT2D eigenvalue weighted by molar-refractivity contribution is 7.89. The third-order valence-corrected chi connectivity index (χ3v) is 6.94. The lowest BCUT2D eigenvalue weighted by atomic mass is 9.94. The molecule has 1 fully saturated rings. The molecule has 1 aromatic heterocycles. The largest absolute Gasteiger partial charge is 0.326 e. The molecule has 6 heteroatoms. The minimum atomic E-state index is -3.38. The van der Waals surface area contributed by atoms with Crippen LogP contribution in [0.2, 0.25) is 0 Å². The van der Waals surface area contributed by atoms with E-state index in [-0.39, 0.29) is 12.6 Å². The predicted molar refractivity (Wildman–Crippen MR) is 74.0 cm³/mol. The Balaban J connectivity index is 2.36. The van der Waals surface area contributed by atoms with E-state index in [0.717, 1.165) is 17.7 Å². The Kier molecular flexibility index (Phi) is 4.11. The Morgan fingerprint density at radius 3 is 2.89 bits per heavy atom. The molecule has 0 spiro atoms. The highest BCUT2D eigenvalue weighted by Crippen LogP contribution is 2.31. The van der Waals surface area contributed by atoms with Crippen LogP contribution in [-0.4, -0.2) is 25.3 Å². The van der Waals surface area contributed by atoms with Crippen LogP contribution in [0.25, 0.3) is 0 Å². The summed E-state index contributed by atoms with van der Waals surface area (Å²) in [5, 5.41) is 1.80. The van der Waals surface area contributed by atoms with E-state index in [9.17, 15) is 8.42 Å². The first-order valence-electron chi connectivity index (χ1n) is 6.26. The molecule has 1 aliphatic heterocycles. The molecule has 2 heterocycles. The summed E-state index contributed by atoms with van der Waals surface area (Å²) in [6.07, 6.45) is 2.04. The summed E-state index contributed by atoms with van der Waals surface area (Å²) >= 11 is 1.41. The van der Waals surface area contributed by atoms with Crippen molar-refractivity contribution in [2.75, 3.05) is 6.54 Å². The molecule has 0 bridgehead atoms. The molecule has 0 amide bonds. The van der Waals surface area contributed by atoms with Gasteiger partial charge in [-0.3, -0.25) is 0 Å². The first-order chi connectivity index (χ1) is 8.48. The zero-order valence-electron chi connectivity index (χ0n) is 10.8. The fraction of sp³-hybridized carbons (Fsp3) is 0.667. The van der Waals surface area contributed by atoms with Crippen molar-refractivity contribution < 1.29 is 8.42 Å². The molecular formula is C12H20N2O2S2. The van der Waals surface area contributed by atoms with Gasteiger partial charge in [-0.25, -0.2) is 8.42 Å². The molecule has 2 N–H and O–H groups in total. The van der Waals surface area contributed by atoms with E-state index in [4.69, 9.17) is 5.73 Å². The normalized spacial score (nSPS) is 26.4. The number of nitrogens with zero attached hydrogens (tertiary/aromatic N) is 1. The number of thiophene rings is 1. The topological polar surface area (TPSA) is 63.4 Å². The van der Waals surface area contributed by atoms with Crippen molar-refractivity contribution >= 4 is 21.4 Å². The second-order valence-corrected chi connectivity index (χ2v) is 7.75. The van der Waals surface area contributed by atoms with Gasteiger partial charge >= 0.3 is 0 Å². The summed E-state index contributed by atoms with van der Waals surface area (Å²) in [6, 6.07) is 1.74. The molecule has 0 aliphatic carbocycles. The number of piperidine rings is 1. The molecule has 1 saturated heterocycles. The molecule has 2 atom stereocenters. The van der Waals surface area contributed by atoms with Gasteiger partial charge in [0.2, 0.25) is 10.0 Å². The summed E-state index contributed by atoms with van der Waals surface area (Å²) in [6.45, 7) is 5.01. The zero-order valence-corrected chi connectivity index (χ0v) is 12.4. The quantitative estimate of drug-likeness (QED) is 0.925. The lowest BCUT2D eigenvalue weighted by Crippen LogP contribution is -2.46. The van der Waals surface area contributed by atoms with Gasteiger partial charge in [-0.1, -0.05) is 6.92 Å². The van der Waals surface area contributed by atoms with Crippen molar-refractivity contribution in [2.45, 2.75) is 44.2 Å².